The Labute approximate surface area is 257 Å². The van der Waals surface area contributed by atoms with E-state index in [9.17, 15) is 28.1 Å². The smallest absolute Gasteiger partial charge is 0.416 e. The van der Waals surface area contributed by atoms with E-state index in [0.717, 1.165) is 29.4 Å². The number of carbonyl (C=O) groups excluding carboxylic acids is 1. The fraction of sp³-hybridized carbons (Fsp3) is 0.219. The fourth-order valence-corrected chi connectivity index (χ4v) is 4.10. The van der Waals surface area contributed by atoms with E-state index in [4.69, 9.17) is 21.1 Å². The van der Waals surface area contributed by atoms with Crippen molar-refractivity contribution in [2.75, 3.05) is 11.9 Å². The number of alkyl halides is 3. The number of nitrogens with zero attached hydrogens (tertiary/aromatic N) is 1. The molecule has 8 nitrogen and oxygen atoms in total. The lowest BCUT2D eigenvalue weighted by Crippen LogP contribution is -2.43. The van der Waals surface area contributed by atoms with Gasteiger partial charge in [0, 0.05) is 17.8 Å². The number of nitro groups is 1. The highest BCUT2D eigenvalue weighted by molar-refractivity contribution is 6.32. The molecule has 44 heavy (non-hydrogen) atoms. The summed E-state index contributed by atoms with van der Waals surface area (Å²) in [4.78, 5) is 22.4. The molecule has 2 N–H and O–H groups in total. The predicted octanol–water partition coefficient (Wildman–Crippen LogP) is 9.51. The van der Waals surface area contributed by atoms with Crippen molar-refractivity contribution in [1.82, 2.24) is 5.32 Å². The highest BCUT2D eigenvalue weighted by atomic mass is 35.5. The van der Waals surface area contributed by atoms with E-state index in [1.54, 1.807) is 6.92 Å². The van der Waals surface area contributed by atoms with Crippen molar-refractivity contribution in [2.45, 2.75) is 39.4 Å². The highest BCUT2D eigenvalue weighted by Crippen LogP contribution is 2.38. The van der Waals surface area contributed by atoms with Crippen LogP contribution in [0.4, 0.5) is 29.3 Å². The Morgan fingerprint density at radius 1 is 0.909 bits per heavy atom. The Kier molecular flexibility index (Phi) is 11.2. The van der Waals surface area contributed by atoms with E-state index in [2.05, 4.69) is 10.6 Å². The predicted molar refractivity (Wildman–Crippen MR) is 164 cm³/mol. The third kappa shape index (κ3) is 9.63. The van der Waals surface area contributed by atoms with Gasteiger partial charge in [0.25, 0.3) is 0 Å². The Bertz CT molecular complexity index is 1580. The van der Waals surface area contributed by atoms with Crippen LogP contribution in [0.2, 0.25) is 5.02 Å². The molecule has 4 aromatic rings. The average Bonchev–Trinajstić information content (AvgIpc) is 2.95. The van der Waals surface area contributed by atoms with Crippen LogP contribution in [-0.4, -0.2) is 17.6 Å². The Morgan fingerprint density at radius 2 is 1.57 bits per heavy atom. The zero-order chi connectivity index (χ0) is 32.5. The second-order valence-corrected chi connectivity index (χ2v) is 10.4. The quantitative estimate of drug-likeness (QED) is 0.149. The Morgan fingerprint density at radius 3 is 2.14 bits per heavy atom. The third-order valence-electron chi connectivity index (χ3n) is 6.15. The van der Waals surface area contributed by atoms with Crippen molar-refractivity contribution < 1.29 is 32.4 Å². The van der Waals surface area contributed by atoms with Gasteiger partial charge in [-0.25, -0.2) is 4.79 Å². The molecule has 0 bridgehead atoms. The summed E-state index contributed by atoms with van der Waals surface area (Å²) < 4.78 is 48.4. The molecule has 0 spiro atoms. The monoisotopic (exact) mass is 629 g/mol. The van der Waals surface area contributed by atoms with Gasteiger partial charge in [-0.05, 0) is 69.7 Å². The van der Waals surface area contributed by atoms with Crippen LogP contribution in [-0.2, 0) is 11.7 Å². The SMILES string of the molecule is CCOc1cc(Oc2ccc(C(F)(F)F)cc2Cl)ccc1[N+](=O)[O-].Cc1ccc(NC(=O)NC(C)(C)c2ccccc2)cc1. The fourth-order valence-electron chi connectivity index (χ4n) is 3.88. The number of rotatable bonds is 8. The number of urea groups is 1. The minimum atomic E-state index is -4.52. The molecule has 2 amide bonds. The first-order chi connectivity index (χ1) is 20.7. The zero-order valence-corrected chi connectivity index (χ0v) is 25.1. The number of amides is 2. The largest absolute Gasteiger partial charge is 0.487 e. The third-order valence-corrected chi connectivity index (χ3v) is 6.44. The molecule has 0 atom stereocenters. The Hall–Kier alpha value is -4.77. The highest BCUT2D eigenvalue weighted by Gasteiger charge is 2.31. The second-order valence-electron chi connectivity index (χ2n) is 10.0. The van der Waals surface area contributed by atoms with E-state index < -0.39 is 22.2 Å². The van der Waals surface area contributed by atoms with Gasteiger partial charge in [0.2, 0.25) is 5.75 Å². The molecule has 232 valence electrons. The van der Waals surface area contributed by atoms with Crippen LogP contribution in [0.1, 0.15) is 37.5 Å². The number of hydrogen-bond donors (Lipinski definition) is 2. The van der Waals surface area contributed by atoms with Gasteiger partial charge < -0.3 is 20.1 Å². The van der Waals surface area contributed by atoms with Crippen LogP contribution in [0.3, 0.4) is 0 Å². The lowest BCUT2D eigenvalue weighted by Gasteiger charge is -2.27. The first-order valence-corrected chi connectivity index (χ1v) is 13.7. The molecule has 12 heteroatoms. The van der Waals surface area contributed by atoms with Gasteiger partial charge in [-0.2, -0.15) is 13.2 Å². The van der Waals surface area contributed by atoms with E-state index in [1.165, 1.54) is 23.8 Å². The molecular weight excluding hydrogens is 599 g/mol. The minimum Gasteiger partial charge on any atom is -0.487 e. The summed E-state index contributed by atoms with van der Waals surface area (Å²) >= 11 is 5.80. The number of ether oxygens (including phenoxy) is 2. The molecular formula is C32H31ClF3N3O5. The van der Waals surface area contributed by atoms with E-state index >= 15 is 0 Å². The number of halogens is 4. The van der Waals surface area contributed by atoms with Crippen molar-refractivity contribution >= 4 is 29.0 Å². The van der Waals surface area contributed by atoms with Gasteiger partial charge in [-0.3, -0.25) is 10.1 Å². The molecule has 4 rings (SSSR count). The topological polar surface area (TPSA) is 103 Å². The summed E-state index contributed by atoms with van der Waals surface area (Å²) in [6.07, 6.45) is -4.52. The normalized spacial score (nSPS) is 11.1. The minimum absolute atomic E-state index is 0.0111. The standard InChI is InChI=1S/C17H20N2O.C15H11ClF3NO4/c1-13-9-11-15(12-10-13)18-16(20)19-17(2,3)14-7-5-4-6-8-14;1-2-23-14-8-10(4-5-12(14)20(21)22)24-13-6-3-9(7-11(13)16)15(17,18)19/h4-12H,1-3H3,(H2,18,19,20);3-8H,2H2,1H3. The van der Waals surface area contributed by atoms with Crippen LogP contribution in [0, 0.1) is 17.0 Å². The molecule has 0 radical (unpaired) electrons. The molecule has 0 unspecified atom stereocenters. The molecule has 0 aromatic heterocycles. The maximum absolute atomic E-state index is 12.6. The first-order valence-electron chi connectivity index (χ1n) is 13.4. The summed E-state index contributed by atoms with van der Waals surface area (Å²) in [5.74, 6) is 0.120. The summed E-state index contributed by atoms with van der Waals surface area (Å²) in [5, 5.41) is 16.5. The number of aryl methyl sites for hydroxylation is 1. The van der Waals surface area contributed by atoms with E-state index in [-0.39, 0.29) is 40.6 Å². The lowest BCUT2D eigenvalue weighted by atomic mass is 9.95. The molecule has 0 aliphatic heterocycles. The second kappa shape index (κ2) is 14.6. The van der Waals surface area contributed by atoms with E-state index in [1.807, 2.05) is 75.4 Å². The van der Waals surface area contributed by atoms with Crippen molar-refractivity contribution in [3.63, 3.8) is 0 Å². The van der Waals surface area contributed by atoms with Crippen LogP contribution < -0.4 is 20.1 Å². The molecule has 0 saturated heterocycles. The van der Waals surface area contributed by atoms with Gasteiger partial charge in [-0.1, -0.05) is 59.6 Å². The van der Waals surface area contributed by atoms with Crippen molar-refractivity contribution in [1.29, 1.82) is 0 Å². The zero-order valence-electron chi connectivity index (χ0n) is 24.4. The number of nitro benzene ring substituents is 1. The summed E-state index contributed by atoms with van der Waals surface area (Å²) in [6.45, 7) is 7.84. The van der Waals surface area contributed by atoms with E-state index in [0.29, 0.717) is 0 Å². The van der Waals surface area contributed by atoms with Gasteiger partial charge in [0.15, 0.2) is 0 Å². The van der Waals surface area contributed by atoms with Gasteiger partial charge in [-0.15, -0.1) is 0 Å². The van der Waals surface area contributed by atoms with Gasteiger partial charge in [0.05, 0.1) is 27.7 Å². The number of carbonyl (C=O) groups is 1. The Balaban J connectivity index is 0.000000244. The summed E-state index contributed by atoms with van der Waals surface area (Å²) in [6, 6.07) is 23.8. The first kappa shape index (κ1) is 33.7. The van der Waals surface area contributed by atoms with Crippen LogP contribution in [0.5, 0.6) is 17.2 Å². The van der Waals surface area contributed by atoms with Crippen LogP contribution in [0.15, 0.2) is 91.0 Å². The molecule has 4 aromatic carbocycles. The number of nitrogens with one attached hydrogen (secondary N) is 2. The molecule has 0 heterocycles. The van der Waals surface area contributed by atoms with Crippen LogP contribution in [0.25, 0.3) is 0 Å². The molecule has 0 aliphatic rings. The number of anilines is 1. The molecule has 0 fully saturated rings. The maximum atomic E-state index is 12.6. The van der Waals surface area contributed by atoms with Crippen molar-refractivity contribution in [3.8, 4) is 17.2 Å². The van der Waals surface area contributed by atoms with Crippen molar-refractivity contribution in [3.05, 3.63) is 123 Å². The van der Waals surface area contributed by atoms with Gasteiger partial charge >= 0.3 is 17.9 Å². The van der Waals surface area contributed by atoms with Crippen LogP contribution >= 0.6 is 11.6 Å². The molecule has 0 saturated carbocycles. The summed E-state index contributed by atoms with van der Waals surface area (Å²) in [7, 11) is 0. The van der Waals surface area contributed by atoms with Gasteiger partial charge in [0.1, 0.15) is 11.5 Å². The lowest BCUT2D eigenvalue weighted by molar-refractivity contribution is -0.385. The van der Waals surface area contributed by atoms with Crippen molar-refractivity contribution in [2.24, 2.45) is 0 Å². The average molecular weight is 630 g/mol. The summed E-state index contributed by atoms with van der Waals surface area (Å²) in [5.41, 5.74) is 1.45. The number of benzene rings is 4. The molecule has 0 aliphatic carbocycles. The number of hydrogen-bond acceptors (Lipinski definition) is 5. The maximum Gasteiger partial charge on any atom is 0.416 e.